The Bertz CT molecular complexity index is 259. The van der Waals surface area contributed by atoms with Gasteiger partial charge in [-0.3, -0.25) is 9.63 Å². The van der Waals surface area contributed by atoms with E-state index >= 15 is 0 Å². The van der Waals surface area contributed by atoms with Gasteiger partial charge in [-0.05, 0) is 0 Å². The molecule has 94 valence electrons. The molecule has 16 heavy (non-hydrogen) atoms. The van der Waals surface area contributed by atoms with Crippen molar-refractivity contribution in [2.24, 2.45) is 0 Å². The first-order valence-electron chi connectivity index (χ1n) is 4.26. The van der Waals surface area contributed by atoms with Gasteiger partial charge < -0.3 is 9.47 Å². The van der Waals surface area contributed by atoms with Crippen LogP contribution in [0.1, 0.15) is 12.8 Å². The Kier molecular flexibility index (Phi) is 5.83. The molecule has 0 heterocycles. The molecule has 0 radical (unpaired) electrons. The third-order valence-electron chi connectivity index (χ3n) is 1.68. The Labute approximate surface area is 91.0 Å². The van der Waals surface area contributed by atoms with Gasteiger partial charge in [0.15, 0.2) is 0 Å². The van der Waals surface area contributed by atoms with Crippen LogP contribution in [0, 0.1) is 0 Å². The first kappa shape index (κ1) is 14.7. The van der Waals surface area contributed by atoms with Crippen LogP contribution in [0.25, 0.3) is 0 Å². The molecule has 0 aromatic carbocycles. The van der Waals surface area contributed by atoms with Gasteiger partial charge in [0.05, 0.1) is 14.2 Å². The van der Waals surface area contributed by atoms with Gasteiger partial charge in [0.1, 0.15) is 0 Å². The standard InChI is InChI=1S/C8H13F2NO5/c1-14-7(13)11(16-3)6(12)4-5-8(9,10)15-2/h4-5H2,1-3H3/i11+1. The number of carbonyl (C=O) groups is 2. The van der Waals surface area contributed by atoms with Crippen molar-refractivity contribution in [2.45, 2.75) is 19.0 Å². The molecular formula is C8H13F2NO5. The van der Waals surface area contributed by atoms with Crippen LogP contribution in [0.2, 0.25) is 0 Å². The molecule has 0 saturated carbocycles. The molecule has 0 aromatic rings. The normalized spacial score (nSPS) is 11.1. The molecular weight excluding hydrogens is 229 g/mol. The Balaban J connectivity index is 4.28. The van der Waals surface area contributed by atoms with Gasteiger partial charge in [-0.15, -0.1) is 5.06 Å². The number of rotatable bonds is 5. The van der Waals surface area contributed by atoms with Crippen LogP contribution in [0.15, 0.2) is 0 Å². The summed E-state index contributed by atoms with van der Waals surface area (Å²) in [4.78, 5) is 26.6. The van der Waals surface area contributed by atoms with Gasteiger partial charge in [0.25, 0.3) is 5.91 Å². The molecule has 0 aliphatic rings. The predicted molar refractivity (Wildman–Crippen MR) is 47.5 cm³/mol. The summed E-state index contributed by atoms with van der Waals surface area (Å²) in [5.41, 5.74) is 0. The van der Waals surface area contributed by atoms with Crippen molar-refractivity contribution in [1.29, 1.82) is 0 Å². The molecule has 0 bridgehead atoms. The van der Waals surface area contributed by atoms with Crippen LogP contribution >= 0.6 is 0 Å². The van der Waals surface area contributed by atoms with Gasteiger partial charge in [-0.25, -0.2) is 4.79 Å². The lowest BCUT2D eigenvalue weighted by Crippen LogP contribution is -2.36. The monoisotopic (exact) mass is 242 g/mol. The number of carbonyl (C=O) groups excluding carboxylic acids is 2. The average Bonchev–Trinajstić information content (AvgIpc) is 2.27. The lowest BCUT2D eigenvalue weighted by Gasteiger charge is -2.17. The highest BCUT2D eigenvalue weighted by molar-refractivity contribution is 5.90. The molecule has 0 saturated heterocycles. The fraction of sp³-hybridized carbons (Fsp3) is 0.750. The fourth-order valence-electron chi connectivity index (χ4n) is 0.817. The number of nitrogens with zero attached hydrogens (tertiary/aromatic N) is 1. The summed E-state index contributed by atoms with van der Waals surface area (Å²) in [6, 6.07) is 0. The number of ether oxygens (including phenoxy) is 2. The third kappa shape index (κ3) is 4.49. The minimum absolute atomic E-state index is 0.256. The summed E-state index contributed by atoms with van der Waals surface area (Å²) in [6.07, 6.45) is -5.94. The lowest BCUT2D eigenvalue weighted by atomic mass is 10.3. The van der Waals surface area contributed by atoms with Crippen molar-refractivity contribution < 1.29 is 32.7 Å². The zero-order chi connectivity index (χ0) is 12.8. The van der Waals surface area contributed by atoms with Gasteiger partial charge in [0.2, 0.25) is 0 Å². The summed E-state index contributed by atoms with van der Waals surface area (Å²) >= 11 is 0. The van der Waals surface area contributed by atoms with E-state index in [2.05, 4.69) is 14.3 Å². The van der Waals surface area contributed by atoms with Crippen molar-refractivity contribution >= 4 is 12.0 Å². The summed E-state index contributed by atoms with van der Waals surface area (Å²) in [5.74, 6) is -0.939. The molecule has 0 atom stereocenters. The lowest BCUT2D eigenvalue weighted by molar-refractivity contribution is -0.227. The molecule has 8 heteroatoms. The number of methoxy groups -OCH3 is 2. The maximum absolute atomic E-state index is 12.6. The highest BCUT2D eigenvalue weighted by atomic mass is 19.3. The molecule has 0 N–H and O–H groups in total. The smallest absolute Gasteiger partial charge is 0.441 e. The van der Waals surface area contributed by atoms with E-state index in [-0.39, 0.29) is 5.06 Å². The number of hydrogen-bond acceptors (Lipinski definition) is 5. The molecule has 0 fully saturated rings. The van der Waals surface area contributed by atoms with E-state index in [9.17, 15) is 18.4 Å². The number of hydroxylamine groups is 2. The van der Waals surface area contributed by atoms with Crippen molar-refractivity contribution in [3.63, 3.8) is 0 Å². The largest absolute Gasteiger partial charge is 0.451 e. The van der Waals surface area contributed by atoms with Gasteiger partial charge >= 0.3 is 12.2 Å². The van der Waals surface area contributed by atoms with Crippen molar-refractivity contribution in [3.05, 3.63) is 0 Å². The van der Waals surface area contributed by atoms with Crippen LogP contribution in [-0.4, -0.2) is 44.5 Å². The number of amides is 2. The summed E-state index contributed by atoms with van der Waals surface area (Å²) in [7, 11) is 2.90. The van der Waals surface area contributed by atoms with Crippen LogP contribution < -0.4 is 0 Å². The second-order valence-electron chi connectivity index (χ2n) is 2.68. The quantitative estimate of drug-likeness (QED) is 0.534. The Hall–Kier alpha value is -1.28. The van der Waals surface area contributed by atoms with Gasteiger partial charge in [-0.1, -0.05) is 0 Å². The molecule has 0 unspecified atom stereocenters. The van der Waals surface area contributed by atoms with E-state index in [1.165, 1.54) is 0 Å². The number of imide groups is 1. The first-order chi connectivity index (χ1) is 7.37. The van der Waals surface area contributed by atoms with Crippen LogP contribution in [0.4, 0.5) is 13.6 Å². The van der Waals surface area contributed by atoms with Crippen LogP contribution in [0.3, 0.4) is 0 Å². The third-order valence-corrected chi connectivity index (χ3v) is 1.68. The summed E-state index contributed by atoms with van der Waals surface area (Å²) in [6.45, 7) is 0. The van der Waals surface area contributed by atoms with Crippen molar-refractivity contribution in [1.82, 2.24) is 5.06 Å². The average molecular weight is 242 g/mol. The fourth-order valence-corrected chi connectivity index (χ4v) is 0.817. The Morgan fingerprint density at radius 1 is 1.25 bits per heavy atom. The first-order valence-corrected chi connectivity index (χ1v) is 4.26. The second kappa shape index (κ2) is 6.33. The Morgan fingerprint density at radius 2 is 1.81 bits per heavy atom. The molecule has 0 spiro atoms. The number of hydrogen-bond donors (Lipinski definition) is 0. The molecule has 6 nitrogen and oxygen atoms in total. The summed E-state index contributed by atoms with van der Waals surface area (Å²) in [5, 5.41) is 0.256. The number of halogens is 2. The van der Waals surface area contributed by atoms with E-state index < -0.39 is 31.0 Å². The maximum atomic E-state index is 12.6. The topological polar surface area (TPSA) is 65.1 Å². The van der Waals surface area contributed by atoms with Crippen molar-refractivity contribution in [3.8, 4) is 0 Å². The van der Waals surface area contributed by atoms with E-state index in [0.29, 0.717) is 0 Å². The van der Waals surface area contributed by atoms with E-state index in [1.54, 1.807) is 0 Å². The van der Waals surface area contributed by atoms with E-state index in [0.717, 1.165) is 21.3 Å². The summed E-state index contributed by atoms with van der Waals surface area (Å²) < 4.78 is 33.3. The van der Waals surface area contributed by atoms with Crippen LogP contribution in [0.5, 0.6) is 0 Å². The zero-order valence-electron chi connectivity index (χ0n) is 9.16. The van der Waals surface area contributed by atoms with Crippen molar-refractivity contribution in [2.75, 3.05) is 21.3 Å². The minimum atomic E-state index is -3.41. The molecule has 0 aliphatic heterocycles. The van der Waals surface area contributed by atoms with E-state index in [1.807, 2.05) is 0 Å². The maximum Gasteiger partial charge on any atom is 0.441 e. The molecule has 0 rings (SSSR count). The van der Waals surface area contributed by atoms with Gasteiger partial charge in [-0.2, -0.15) is 8.78 Å². The van der Waals surface area contributed by atoms with E-state index in [4.69, 9.17) is 0 Å². The van der Waals surface area contributed by atoms with Crippen LogP contribution in [-0.2, 0) is 19.1 Å². The minimum Gasteiger partial charge on any atom is -0.451 e. The van der Waals surface area contributed by atoms with Gasteiger partial charge in [0, 0.05) is 20.0 Å². The highest BCUT2D eigenvalue weighted by Crippen LogP contribution is 2.21. The highest BCUT2D eigenvalue weighted by Gasteiger charge is 2.31. The SMILES string of the molecule is COC(=O)[15N](OC)C(=O)CCC(F)(F)OC. The Morgan fingerprint density at radius 3 is 2.19 bits per heavy atom. The second-order valence-corrected chi connectivity index (χ2v) is 2.68. The molecule has 0 aliphatic carbocycles. The predicted octanol–water partition coefficient (Wildman–Crippen LogP) is 1.16. The molecule has 2 amide bonds. The number of alkyl halides is 2. The molecule has 0 aromatic heterocycles. The zero-order valence-corrected chi connectivity index (χ0v) is 9.16.